The lowest BCUT2D eigenvalue weighted by atomic mass is 9.75. The highest BCUT2D eigenvalue weighted by molar-refractivity contribution is 5.87. The normalized spacial score (nSPS) is 21.7. The number of hydrogen-bond donors (Lipinski definition) is 2. The average Bonchev–Trinajstić information content (AvgIpc) is 2.43. The largest absolute Gasteiger partial charge is 0.497 e. The number of hydrogen-bond acceptors (Lipinski definition) is 3. The molecule has 1 unspecified atom stereocenters. The van der Waals surface area contributed by atoms with Crippen molar-refractivity contribution >= 4 is 5.91 Å². The Morgan fingerprint density at radius 1 is 1.48 bits per heavy atom. The summed E-state index contributed by atoms with van der Waals surface area (Å²) in [4.78, 5) is 11.9. The van der Waals surface area contributed by atoms with Gasteiger partial charge in [0.1, 0.15) is 11.3 Å². The summed E-state index contributed by atoms with van der Waals surface area (Å²) in [6.07, 6.45) is -2.90. The molecule has 4 nitrogen and oxygen atoms in total. The van der Waals surface area contributed by atoms with E-state index in [0.29, 0.717) is 24.2 Å². The summed E-state index contributed by atoms with van der Waals surface area (Å²) in [6, 6.07) is 5.07. The van der Waals surface area contributed by atoms with Crippen molar-refractivity contribution < 1.29 is 22.7 Å². The van der Waals surface area contributed by atoms with E-state index in [9.17, 15) is 18.0 Å². The molecule has 116 valence electrons. The molecule has 0 saturated heterocycles. The van der Waals surface area contributed by atoms with E-state index in [0.717, 1.165) is 5.56 Å². The third-order valence-electron chi connectivity index (χ3n) is 3.79. The van der Waals surface area contributed by atoms with Crippen LogP contribution in [0.4, 0.5) is 13.2 Å². The second kappa shape index (κ2) is 5.55. The number of carbonyl (C=O) groups is 1. The fourth-order valence-corrected chi connectivity index (χ4v) is 2.75. The number of primary amides is 1. The zero-order valence-electron chi connectivity index (χ0n) is 11.6. The molecule has 0 bridgehead atoms. The number of rotatable bonds is 4. The molecule has 21 heavy (non-hydrogen) atoms. The molecule has 1 amide bonds. The van der Waals surface area contributed by atoms with E-state index in [4.69, 9.17) is 10.5 Å². The summed E-state index contributed by atoms with van der Waals surface area (Å²) in [7, 11) is 1.46. The lowest BCUT2D eigenvalue weighted by Crippen LogP contribution is -2.56. The van der Waals surface area contributed by atoms with Crippen LogP contribution >= 0.6 is 0 Å². The Labute approximate surface area is 120 Å². The molecular formula is C14H17F3N2O2. The topological polar surface area (TPSA) is 64.3 Å². The standard InChI is InChI=1S/C14H17F3N2O2/c1-21-10-5-4-9-3-2-6-13(12(18)20,11(9)7-10)19-8-14(15,16)17/h4-5,7,19H,2-3,6,8H2,1H3,(H2,18,20). The minimum Gasteiger partial charge on any atom is -0.497 e. The van der Waals surface area contributed by atoms with Crippen LogP contribution in [0.3, 0.4) is 0 Å². The first kappa shape index (κ1) is 15.6. The predicted molar refractivity (Wildman–Crippen MR) is 70.9 cm³/mol. The van der Waals surface area contributed by atoms with E-state index in [-0.39, 0.29) is 6.42 Å². The molecular weight excluding hydrogens is 285 g/mol. The van der Waals surface area contributed by atoms with Gasteiger partial charge < -0.3 is 10.5 Å². The van der Waals surface area contributed by atoms with Crippen molar-refractivity contribution in [1.82, 2.24) is 5.32 Å². The summed E-state index contributed by atoms with van der Waals surface area (Å²) in [5, 5.41) is 2.33. The summed E-state index contributed by atoms with van der Waals surface area (Å²) in [5.41, 5.74) is 5.22. The quantitative estimate of drug-likeness (QED) is 0.892. The minimum absolute atomic E-state index is 0.235. The van der Waals surface area contributed by atoms with E-state index in [1.165, 1.54) is 7.11 Å². The number of nitrogens with one attached hydrogen (secondary N) is 1. The Morgan fingerprint density at radius 3 is 2.76 bits per heavy atom. The van der Waals surface area contributed by atoms with Crippen molar-refractivity contribution in [3.63, 3.8) is 0 Å². The highest BCUT2D eigenvalue weighted by atomic mass is 19.4. The highest BCUT2D eigenvalue weighted by Gasteiger charge is 2.44. The fourth-order valence-electron chi connectivity index (χ4n) is 2.75. The van der Waals surface area contributed by atoms with Crippen LogP contribution in [0.5, 0.6) is 5.75 Å². The Morgan fingerprint density at radius 2 is 2.19 bits per heavy atom. The molecule has 0 fully saturated rings. The second-order valence-electron chi connectivity index (χ2n) is 5.11. The molecule has 2 rings (SSSR count). The number of fused-ring (bicyclic) bond motifs is 1. The van der Waals surface area contributed by atoms with Crippen LogP contribution in [0.2, 0.25) is 0 Å². The molecule has 3 N–H and O–H groups in total. The number of ether oxygens (including phenoxy) is 1. The van der Waals surface area contributed by atoms with Crippen LogP contribution < -0.4 is 15.8 Å². The number of alkyl halides is 3. The van der Waals surface area contributed by atoms with E-state index in [1.807, 2.05) is 0 Å². The van der Waals surface area contributed by atoms with Crippen LogP contribution in [-0.2, 0) is 16.8 Å². The molecule has 1 aromatic carbocycles. The maximum atomic E-state index is 12.5. The fraction of sp³-hybridized carbons (Fsp3) is 0.500. The number of nitrogens with two attached hydrogens (primary N) is 1. The SMILES string of the molecule is COc1ccc2c(c1)C(NCC(F)(F)F)(C(N)=O)CCC2. The number of methoxy groups -OCH3 is 1. The minimum atomic E-state index is -4.42. The number of benzene rings is 1. The maximum Gasteiger partial charge on any atom is 0.401 e. The number of aryl methyl sites for hydroxylation is 1. The number of amides is 1. The van der Waals surface area contributed by atoms with Gasteiger partial charge in [-0.2, -0.15) is 13.2 Å². The van der Waals surface area contributed by atoms with E-state index in [1.54, 1.807) is 18.2 Å². The monoisotopic (exact) mass is 302 g/mol. The lowest BCUT2D eigenvalue weighted by molar-refractivity contribution is -0.137. The zero-order chi connectivity index (χ0) is 15.7. The van der Waals surface area contributed by atoms with Crippen molar-refractivity contribution in [2.45, 2.75) is 31.0 Å². The zero-order valence-corrected chi connectivity index (χ0v) is 11.6. The first-order valence-electron chi connectivity index (χ1n) is 6.57. The van der Waals surface area contributed by atoms with Crippen molar-refractivity contribution in [3.8, 4) is 5.75 Å². The summed E-state index contributed by atoms with van der Waals surface area (Å²) in [5.74, 6) is -0.323. The predicted octanol–water partition coefficient (Wildman–Crippen LogP) is 1.86. The smallest absolute Gasteiger partial charge is 0.401 e. The van der Waals surface area contributed by atoms with Crippen molar-refractivity contribution in [3.05, 3.63) is 29.3 Å². The van der Waals surface area contributed by atoms with Crippen molar-refractivity contribution in [2.24, 2.45) is 5.73 Å². The van der Waals surface area contributed by atoms with Gasteiger partial charge in [0.05, 0.1) is 13.7 Å². The third-order valence-corrected chi connectivity index (χ3v) is 3.79. The van der Waals surface area contributed by atoms with E-state index in [2.05, 4.69) is 5.32 Å². The van der Waals surface area contributed by atoms with E-state index >= 15 is 0 Å². The van der Waals surface area contributed by atoms with Crippen LogP contribution in [0, 0.1) is 0 Å². The number of carbonyl (C=O) groups excluding carboxylic acids is 1. The van der Waals surface area contributed by atoms with Gasteiger partial charge in [-0.25, -0.2) is 0 Å². The number of halogens is 3. The third kappa shape index (κ3) is 3.12. The van der Waals surface area contributed by atoms with Crippen LogP contribution in [-0.4, -0.2) is 25.7 Å². The van der Waals surface area contributed by atoms with Gasteiger partial charge in [-0.05, 0) is 42.5 Å². The first-order chi connectivity index (χ1) is 9.78. The summed E-state index contributed by atoms with van der Waals surface area (Å²) < 4.78 is 42.7. The van der Waals surface area contributed by atoms with E-state index < -0.39 is 24.2 Å². The maximum absolute atomic E-state index is 12.5. The molecule has 0 heterocycles. The first-order valence-corrected chi connectivity index (χ1v) is 6.57. The van der Waals surface area contributed by atoms with Gasteiger partial charge in [0.15, 0.2) is 0 Å². The van der Waals surface area contributed by atoms with Crippen LogP contribution in [0.15, 0.2) is 18.2 Å². The molecule has 0 aromatic heterocycles. The van der Waals surface area contributed by atoms with Gasteiger partial charge >= 0.3 is 6.18 Å². The Hall–Kier alpha value is -1.76. The molecule has 0 saturated carbocycles. The second-order valence-corrected chi connectivity index (χ2v) is 5.11. The molecule has 7 heteroatoms. The molecule has 1 aliphatic carbocycles. The van der Waals surface area contributed by atoms with Crippen LogP contribution in [0.25, 0.3) is 0 Å². The molecule has 1 aromatic rings. The van der Waals surface area contributed by atoms with Gasteiger partial charge in [-0.3, -0.25) is 10.1 Å². The van der Waals surface area contributed by atoms with Crippen LogP contribution in [0.1, 0.15) is 24.0 Å². The van der Waals surface area contributed by atoms with Gasteiger partial charge in [-0.1, -0.05) is 6.07 Å². The van der Waals surface area contributed by atoms with Gasteiger partial charge in [-0.15, -0.1) is 0 Å². The van der Waals surface area contributed by atoms with Gasteiger partial charge in [0.2, 0.25) is 5.91 Å². The molecule has 0 aliphatic heterocycles. The lowest BCUT2D eigenvalue weighted by Gasteiger charge is -2.37. The van der Waals surface area contributed by atoms with Crippen molar-refractivity contribution in [1.29, 1.82) is 0 Å². The van der Waals surface area contributed by atoms with Crippen molar-refractivity contribution in [2.75, 3.05) is 13.7 Å². The summed E-state index contributed by atoms with van der Waals surface area (Å²) >= 11 is 0. The molecule has 0 radical (unpaired) electrons. The van der Waals surface area contributed by atoms with Gasteiger partial charge in [0.25, 0.3) is 0 Å². The molecule has 0 spiro atoms. The highest BCUT2D eigenvalue weighted by Crippen LogP contribution is 2.37. The molecule has 1 aliphatic rings. The Balaban J connectivity index is 2.45. The molecule has 1 atom stereocenters. The average molecular weight is 302 g/mol. The Bertz CT molecular complexity index is 546. The van der Waals surface area contributed by atoms with Gasteiger partial charge in [0, 0.05) is 0 Å². The Kier molecular flexibility index (Phi) is 4.13. The summed E-state index contributed by atoms with van der Waals surface area (Å²) in [6.45, 7) is -1.27.